The van der Waals surface area contributed by atoms with Crippen molar-refractivity contribution < 1.29 is 13.2 Å². The number of sulfonamides is 1. The molecule has 1 aromatic rings. The van der Waals surface area contributed by atoms with E-state index >= 15 is 0 Å². The zero-order valence-electron chi connectivity index (χ0n) is 13.2. The average molecular weight is 368 g/mol. The Morgan fingerprint density at radius 2 is 1.91 bits per heavy atom. The Bertz CT molecular complexity index is 591. The number of ether oxygens (including phenoxy) is 1. The van der Waals surface area contributed by atoms with Crippen LogP contribution >= 0.6 is 23.2 Å². The minimum atomic E-state index is -3.69. The fraction of sp³-hybridized carbons (Fsp3) is 0.600. The van der Waals surface area contributed by atoms with Crippen molar-refractivity contribution in [3.63, 3.8) is 0 Å². The van der Waals surface area contributed by atoms with Gasteiger partial charge >= 0.3 is 0 Å². The van der Waals surface area contributed by atoms with Gasteiger partial charge in [0.25, 0.3) is 0 Å². The van der Waals surface area contributed by atoms with Crippen LogP contribution in [0, 0.1) is 5.92 Å². The van der Waals surface area contributed by atoms with Crippen molar-refractivity contribution in [1.29, 1.82) is 0 Å². The van der Waals surface area contributed by atoms with Crippen LogP contribution in [0.4, 0.5) is 0 Å². The van der Waals surface area contributed by atoms with Crippen LogP contribution in [0.15, 0.2) is 17.0 Å². The second kappa shape index (κ2) is 8.96. The van der Waals surface area contributed by atoms with Crippen molar-refractivity contribution >= 4 is 33.2 Å². The maximum Gasteiger partial charge on any atom is 0.242 e. The number of rotatable bonds is 9. The molecule has 0 aliphatic heterocycles. The predicted octanol–water partition coefficient (Wildman–Crippen LogP) is 4.50. The van der Waals surface area contributed by atoms with Gasteiger partial charge in [0.2, 0.25) is 10.0 Å². The van der Waals surface area contributed by atoms with E-state index < -0.39 is 10.0 Å². The summed E-state index contributed by atoms with van der Waals surface area (Å²) >= 11 is 12.1. The Morgan fingerprint density at radius 3 is 2.45 bits per heavy atom. The lowest BCUT2D eigenvalue weighted by Crippen LogP contribution is -2.29. The van der Waals surface area contributed by atoms with Gasteiger partial charge in [-0.2, -0.15) is 0 Å². The molecule has 1 atom stereocenters. The molecule has 7 heteroatoms. The number of hydrogen-bond acceptors (Lipinski definition) is 3. The summed E-state index contributed by atoms with van der Waals surface area (Å²) < 4.78 is 32.5. The number of benzene rings is 1. The largest absolute Gasteiger partial charge is 0.495 e. The Hall–Kier alpha value is -0.490. The van der Waals surface area contributed by atoms with Crippen LogP contribution in [0.2, 0.25) is 10.0 Å². The van der Waals surface area contributed by atoms with Crippen LogP contribution in [0.5, 0.6) is 5.75 Å². The SMILES string of the molecule is CCCC[C@@H](CC)CNS(=O)(=O)c1ccc(OC)c(Cl)c1Cl. The maximum absolute atomic E-state index is 12.4. The van der Waals surface area contributed by atoms with Gasteiger partial charge in [0, 0.05) is 6.54 Å². The molecule has 22 heavy (non-hydrogen) atoms. The molecule has 1 aromatic carbocycles. The van der Waals surface area contributed by atoms with Crippen molar-refractivity contribution in [2.24, 2.45) is 5.92 Å². The highest BCUT2D eigenvalue weighted by molar-refractivity contribution is 7.89. The molecule has 0 amide bonds. The summed E-state index contributed by atoms with van der Waals surface area (Å²) in [5.41, 5.74) is 0. The van der Waals surface area contributed by atoms with Gasteiger partial charge in [-0.1, -0.05) is 56.3 Å². The van der Waals surface area contributed by atoms with E-state index in [1.165, 1.54) is 19.2 Å². The molecule has 0 bridgehead atoms. The first-order chi connectivity index (χ1) is 10.4. The molecule has 1 rings (SSSR count). The monoisotopic (exact) mass is 367 g/mol. The van der Waals surface area contributed by atoms with Crippen molar-refractivity contribution in [3.05, 3.63) is 22.2 Å². The highest BCUT2D eigenvalue weighted by Gasteiger charge is 2.22. The summed E-state index contributed by atoms with van der Waals surface area (Å²) in [4.78, 5) is -0.0229. The molecule has 0 fully saturated rings. The summed E-state index contributed by atoms with van der Waals surface area (Å²) in [5.74, 6) is 0.669. The molecule has 0 saturated heterocycles. The van der Waals surface area contributed by atoms with E-state index in [1.807, 2.05) is 0 Å². The number of halogens is 2. The summed E-state index contributed by atoms with van der Waals surface area (Å²) in [6.45, 7) is 4.58. The molecule has 4 nitrogen and oxygen atoms in total. The van der Waals surface area contributed by atoms with E-state index in [2.05, 4.69) is 18.6 Å². The second-order valence-corrected chi connectivity index (χ2v) is 7.65. The first-order valence-corrected chi connectivity index (χ1v) is 9.62. The minimum Gasteiger partial charge on any atom is -0.495 e. The molecule has 1 N–H and O–H groups in total. The lowest BCUT2D eigenvalue weighted by molar-refractivity contribution is 0.414. The van der Waals surface area contributed by atoms with E-state index in [0.717, 1.165) is 25.7 Å². The van der Waals surface area contributed by atoms with E-state index in [-0.39, 0.29) is 14.9 Å². The van der Waals surface area contributed by atoms with Crippen molar-refractivity contribution in [3.8, 4) is 5.75 Å². The lowest BCUT2D eigenvalue weighted by Gasteiger charge is -2.16. The third-order valence-electron chi connectivity index (χ3n) is 3.63. The fourth-order valence-electron chi connectivity index (χ4n) is 2.13. The third-order valence-corrected chi connectivity index (χ3v) is 6.07. The quantitative estimate of drug-likeness (QED) is 0.698. The van der Waals surface area contributed by atoms with Crippen LogP contribution in [0.25, 0.3) is 0 Å². The van der Waals surface area contributed by atoms with Crippen molar-refractivity contribution in [1.82, 2.24) is 4.72 Å². The van der Waals surface area contributed by atoms with E-state index in [0.29, 0.717) is 18.2 Å². The van der Waals surface area contributed by atoms with Crippen LogP contribution in [0.3, 0.4) is 0 Å². The van der Waals surface area contributed by atoms with Gasteiger partial charge in [-0.15, -0.1) is 0 Å². The van der Waals surface area contributed by atoms with Gasteiger partial charge in [0.15, 0.2) is 0 Å². The smallest absolute Gasteiger partial charge is 0.242 e. The van der Waals surface area contributed by atoms with Crippen LogP contribution < -0.4 is 9.46 Å². The Morgan fingerprint density at radius 1 is 1.23 bits per heavy atom. The van der Waals surface area contributed by atoms with Crippen LogP contribution in [-0.4, -0.2) is 22.1 Å². The number of hydrogen-bond donors (Lipinski definition) is 1. The molecule has 0 aliphatic carbocycles. The molecular weight excluding hydrogens is 345 g/mol. The molecule has 0 aromatic heterocycles. The van der Waals surface area contributed by atoms with E-state index in [4.69, 9.17) is 27.9 Å². The summed E-state index contributed by atoms with van der Waals surface area (Å²) in [7, 11) is -2.24. The molecule has 0 heterocycles. The highest BCUT2D eigenvalue weighted by Crippen LogP contribution is 2.36. The van der Waals surface area contributed by atoms with Crippen molar-refractivity contribution in [2.75, 3.05) is 13.7 Å². The summed E-state index contributed by atoms with van der Waals surface area (Å²) in [5, 5.41) is 0.0835. The minimum absolute atomic E-state index is 0.0184. The third kappa shape index (κ3) is 5.01. The van der Waals surface area contributed by atoms with Gasteiger partial charge in [0.05, 0.1) is 12.1 Å². The summed E-state index contributed by atoms with van der Waals surface area (Å²) in [6.07, 6.45) is 4.13. The zero-order chi connectivity index (χ0) is 16.8. The first-order valence-electron chi connectivity index (χ1n) is 7.39. The molecule has 0 saturated carbocycles. The second-order valence-electron chi connectivity index (χ2n) is 5.16. The van der Waals surface area contributed by atoms with Crippen molar-refractivity contribution in [2.45, 2.75) is 44.4 Å². The fourth-order valence-corrected chi connectivity index (χ4v) is 4.08. The molecule has 0 aliphatic rings. The van der Waals surface area contributed by atoms with E-state index in [9.17, 15) is 8.42 Å². The Kier molecular flexibility index (Phi) is 7.97. The van der Waals surface area contributed by atoms with Gasteiger partial charge < -0.3 is 4.74 Å². The van der Waals surface area contributed by atoms with Gasteiger partial charge in [-0.25, -0.2) is 13.1 Å². The lowest BCUT2D eigenvalue weighted by atomic mass is 10.00. The molecule has 0 spiro atoms. The maximum atomic E-state index is 12.4. The van der Waals surface area contributed by atoms with E-state index in [1.54, 1.807) is 0 Å². The molecular formula is C15H23Cl2NO3S. The number of unbranched alkanes of at least 4 members (excludes halogenated alkanes) is 1. The van der Waals surface area contributed by atoms with Gasteiger partial charge in [-0.3, -0.25) is 0 Å². The molecule has 126 valence electrons. The topological polar surface area (TPSA) is 55.4 Å². The molecule has 0 radical (unpaired) electrons. The number of methoxy groups -OCH3 is 1. The molecule has 0 unspecified atom stereocenters. The van der Waals surface area contributed by atoms with Gasteiger partial charge in [0.1, 0.15) is 15.7 Å². The average Bonchev–Trinajstić information content (AvgIpc) is 2.50. The van der Waals surface area contributed by atoms with Crippen LogP contribution in [0.1, 0.15) is 39.5 Å². The normalized spacial score (nSPS) is 13.1. The van der Waals surface area contributed by atoms with Crippen LogP contribution in [-0.2, 0) is 10.0 Å². The van der Waals surface area contributed by atoms with Gasteiger partial charge in [-0.05, 0) is 24.5 Å². The number of nitrogens with one attached hydrogen (secondary N) is 1. The Balaban J connectivity index is 2.89. The summed E-state index contributed by atoms with van der Waals surface area (Å²) in [6, 6.07) is 2.90. The Labute approximate surface area is 143 Å². The standard InChI is InChI=1S/C15H23Cl2NO3S/c1-4-6-7-11(5-2)10-18-22(19,20)13-9-8-12(21-3)14(16)15(13)17/h8-9,11,18H,4-7,10H2,1-3H3/t11-/m1/s1. The predicted molar refractivity (Wildman–Crippen MR) is 91.5 cm³/mol. The highest BCUT2D eigenvalue weighted by atomic mass is 35.5. The first kappa shape index (κ1) is 19.6. The zero-order valence-corrected chi connectivity index (χ0v) is 15.5.